The third kappa shape index (κ3) is 4.63. The second-order valence-electron chi connectivity index (χ2n) is 7.51. The Labute approximate surface area is 190 Å². The standard InChI is InChI=1S/C25H23N3O3S/c1-15(2)4-5-17-12-19(22(30)14-23(17)31-3)21-13-20(16-6-8-18(29)9-7-16)27-24(28-21)25-26-10-11-32-25/h4,6-14,29-30H,5H2,1-3H3. The van der Waals surface area contributed by atoms with Gasteiger partial charge in [-0.1, -0.05) is 11.6 Å². The minimum atomic E-state index is 0.0724. The van der Waals surface area contributed by atoms with E-state index in [2.05, 4.69) is 16.0 Å². The second-order valence-corrected chi connectivity index (χ2v) is 8.41. The first-order valence-corrected chi connectivity index (χ1v) is 10.9. The molecule has 2 aromatic heterocycles. The van der Waals surface area contributed by atoms with E-state index in [4.69, 9.17) is 9.72 Å². The van der Waals surface area contributed by atoms with E-state index in [1.54, 1.807) is 43.6 Å². The Bertz CT molecular complexity index is 1260. The van der Waals surface area contributed by atoms with Crippen LogP contribution in [0.1, 0.15) is 19.4 Å². The minimum absolute atomic E-state index is 0.0724. The Morgan fingerprint density at radius 2 is 1.78 bits per heavy atom. The molecule has 0 saturated heterocycles. The molecule has 0 amide bonds. The molecule has 2 aromatic carbocycles. The van der Waals surface area contributed by atoms with E-state index in [-0.39, 0.29) is 11.5 Å². The van der Waals surface area contributed by atoms with Gasteiger partial charge in [0.2, 0.25) is 0 Å². The lowest BCUT2D eigenvalue weighted by atomic mass is 10.0. The first kappa shape index (κ1) is 21.5. The molecule has 4 rings (SSSR count). The molecule has 0 bridgehead atoms. The first-order valence-electron chi connectivity index (χ1n) is 10.1. The molecule has 0 atom stereocenters. The number of phenolic OH excluding ortho intramolecular Hbond substituents is 2. The molecule has 0 unspecified atom stereocenters. The molecular formula is C25H23N3O3S. The van der Waals surface area contributed by atoms with Crippen LogP contribution in [0.25, 0.3) is 33.3 Å². The molecule has 162 valence electrons. The lowest BCUT2D eigenvalue weighted by molar-refractivity contribution is 0.404. The molecule has 2 N–H and O–H groups in total. The maximum atomic E-state index is 10.8. The highest BCUT2D eigenvalue weighted by molar-refractivity contribution is 7.13. The van der Waals surface area contributed by atoms with Gasteiger partial charge in [-0.25, -0.2) is 15.0 Å². The molecule has 0 saturated carbocycles. The van der Waals surface area contributed by atoms with Gasteiger partial charge < -0.3 is 14.9 Å². The molecule has 0 aliphatic carbocycles. The summed E-state index contributed by atoms with van der Waals surface area (Å²) in [7, 11) is 1.59. The zero-order valence-electron chi connectivity index (χ0n) is 18.0. The summed E-state index contributed by atoms with van der Waals surface area (Å²) in [6, 6.07) is 12.2. The molecule has 2 heterocycles. The molecule has 4 aromatic rings. The van der Waals surface area contributed by atoms with Crippen LogP contribution in [0, 0.1) is 0 Å². The number of hydrogen-bond acceptors (Lipinski definition) is 7. The van der Waals surface area contributed by atoms with Crippen molar-refractivity contribution in [3.8, 4) is 50.6 Å². The van der Waals surface area contributed by atoms with Crippen molar-refractivity contribution in [2.24, 2.45) is 0 Å². The van der Waals surface area contributed by atoms with E-state index in [0.717, 1.165) is 11.1 Å². The predicted molar refractivity (Wildman–Crippen MR) is 127 cm³/mol. The van der Waals surface area contributed by atoms with Gasteiger partial charge in [-0.3, -0.25) is 0 Å². The largest absolute Gasteiger partial charge is 0.508 e. The van der Waals surface area contributed by atoms with Gasteiger partial charge in [-0.15, -0.1) is 11.3 Å². The summed E-state index contributed by atoms with van der Waals surface area (Å²) in [6.45, 7) is 4.09. The Hall–Kier alpha value is -3.71. The smallest absolute Gasteiger partial charge is 0.189 e. The van der Waals surface area contributed by atoms with Crippen LogP contribution < -0.4 is 4.74 Å². The summed E-state index contributed by atoms with van der Waals surface area (Å²) < 4.78 is 5.48. The number of allylic oxidation sites excluding steroid dienone is 2. The number of thiazole rings is 1. The predicted octanol–water partition coefficient (Wildman–Crippen LogP) is 5.86. The summed E-state index contributed by atoms with van der Waals surface area (Å²) in [6.07, 6.45) is 4.49. The van der Waals surface area contributed by atoms with Crippen molar-refractivity contribution in [1.82, 2.24) is 15.0 Å². The molecule has 0 aliphatic heterocycles. The lowest BCUT2D eigenvalue weighted by Gasteiger charge is -2.13. The van der Waals surface area contributed by atoms with Crippen molar-refractivity contribution in [1.29, 1.82) is 0 Å². The number of hydrogen-bond donors (Lipinski definition) is 2. The highest BCUT2D eigenvalue weighted by Gasteiger charge is 2.17. The Morgan fingerprint density at radius 1 is 1.03 bits per heavy atom. The average Bonchev–Trinajstić information content (AvgIpc) is 3.33. The SMILES string of the molecule is COc1cc(O)c(-c2cc(-c3ccc(O)cc3)nc(-c3nccs3)n2)cc1CC=C(C)C. The van der Waals surface area contributed by atoms with Gasteiger partial charge in [-0.2, -0.15) is 0 Å². The van der Waals surface area contributed by atoms with Crippen molar-refractivity contribution in [2.75, 3.05) is 7.11 Å². The van der Waals surface area contributed by atoms with E-state index < -0.39 is 0 Å². The number of phenols is 2. The Balaban J connectivity index is 1.90. The average molecular weight is 446 g/mol. The van der Waals surface area contributed by atoms with Crippen molar-refractivity contribution >= 4 is 11.3 Å². The fraction of sp³-hybridized carbons (Fsp3) is 0.160. The number of aromatic hydroxyl groups is 2. The third-order valence-corrected chi connectivity index (χ3v) is 5.69. The maximum Gasteiger partial charge on any atom is 0.189 e. The van der Waals surface area contributed by atoms with Crippen LogP contribution in [-0.4, -0.2) is 32.3 Å². The van der Waals surface area contributed by atoms with Crippen molar-refractivity contribution in [3.63, 3.8) is 0 Å². The fourth-order valence-corrected chi connectivity index (χ4v) is 3.85. The van der Waals surface area contributed by atoms with E-state index >= 15 is 0 Å². The zero-order valence-corrected chi connectivity index (χ0v) is 18.8. The molecule has 0 aliphatic rings. The van der Waals surface area contributed by atoms with Crippen LogP contribution in [0.15, 0.2) is 65.7 Å². The van der Waals surface area contributed by atoms with Crippen LogP contribution in [0.5, 0.6) is 17.2 Å². The summed E-state index contributed by atoms with van der Waals surface area (Å²) in [5.41, 5.74) is 4.80. The fourth-order valence-electron chi connectivity index (χ4n) is 3.28. The van der Waals surface area contributed by atoms with Gasteiger partial charge >= 0.3 is 0 Å². The van der Waals surface area contributed by atoms with E-state index in [1.165, 1.54) is 16.9 Å². The molecule has 0 fully saturated rings. The normalized spacial score (nSPS) is 10.7. The van der Waals surface area contributed by atoms with Gasteiger partial charge in [0.25, 0.3) is 0 Å². The summed E-state index contributed by atoms with van der Waals surface area (Å²) in [5.74, 6) is 1.35. The summed E-state index contributed by atoms with van der Waals surface area (Å²) >= 11 is 1.44. The number of benzene rings is 2. The summed E-state index contributed by atoms with van der Waals surface area (Å²) in [4.78, 5) is 13.7. The van der Waals surface area contributed by atoms with Crippen LogP contribution in [0.4, 0.5) is 0 Å². The van der Waals surface area contributed by atoms with Crippen LogP contribution in [0.2, 0.25) is 0 Å². The number of ether oxygens (including phenoxy) is 1. The quantitative estimate of drug-likeness (QED) is 0.361. The molecular weight excluding hydrogens is 422 g/mol. The van der Waals surface area contributed by atoms with Crippen molar-refractivity contribution < 1.29 is 14.9 Å². The van der Waals surface area contributed by atoms with Crippen LogP contribution >= 0.6 is 11.3 Å². The zero-order chi connectivity index (χ0) is 22.7. The van der Waals surface area contributed by atoms with E-state index in [9.17, 15) is 10.2 Å². The molecule has 32 heavy (non-hydrogen) atoms. The van der Waals surface area contributed by atoms with E-state index in [0.29, 0.717) is 40.0 Å². The molecule has 6 nitrogen and oxygen atoms in total. The number of aromatic nitrogens is 3. The molecule has 7 heteroatoms. The third-order valence-electron chi connectivity index (χ3n) is 4.92. The molecule has 0 spiro atoms. The first-order chi connectivity index (χ1) is 15.4. The van der Waals surface area contributed by atoms with Crippen molar-refractivity contribution in [2.45, 2.75) is 20.3 Å². The highest BCUT2D eigenvalue weighted by Crippen LogP contribution is 2.37. The second kappa shape index (κ2) is 9.20. The van der Waals surface area contributed by atoms with Crippen LogP contribution in [0.3, 0.4) is 0 Å². The number of methoxy groups -OCH3 is 1. The van der Waals surface area contributed by atoms with Crippen LogP contribution in [-0.2, 0) is 6.42 Å². The Kier molecular flexibility index (Phi) is 6.18. The lowest BCUT2D eigenvalue weighted by Crippen LogP contribution is -1.98. The van der Waals surface area contributed by atoms with Gasteiger partial charge in [0, 0.05) is 28.8 Å². The Morgan fingerprint density at radius 3 is 2.44 bits per heavy atom. The van der Waals surface area contributed by atoms with Gasteiger partial charge in [0.15, 0.2) is 10.8 Å². The van der Waals surface area contributed by atoms with Gasteiger partial charge in [0.05, 0.1) is 18.5 Å². The van der Waals surface area contributed by atoms with Gasteiger partial charge in [-0.05, 0) is 62.2 Å². The van der Waals surface area contributed by atoms with E-state index in [1.807, 2.05) is 31.4 Å². The molecule has 0 radical (unpaired) electrons. The van der Waals surface area contributed by atoms with Crippen molar-refractivity contribution in [3.05, 3.63) is 71.3 Å². The summed E-state index contributed by atoms with van der Waals surface area (Å²) in [5, 5.41) is 23.0. The maximum absolute atomic E-state index is 10.8. The highest BCUT2D eigenvalue weighted by atomic mass is 32.1. The monoisotopic (exact) mass is 445 g/mol. The van der Waals surface area contributed by atoms with Gasteiger partial charge in [0.1, 0.15) is 17.2 Å². The minimum Gasteiger partial charge on any atom is -0.508 e. The number of rotatable bonds is 6. The number of nitrogens with zero attached hydrogens (tertiary/aromatic N) is 3. The topological polar surface area (TPSA) is 88.4 Å².